The zero-order chi connectivity index (χ0) is 14.4. The Bertz CT molecular complexity index is 363. The van der Waals surface area contributed by atoms with Gasteiger partial charge in [-0.25, -0.2) is 0 Å². The first-order valence-electron chi connectivity index (χ1n) is 5.67. The van der Waals surface area contributed by atoms with Crippen LogP contribution in [-0.4, -0.2) is 25.1 Å². The molecule has 0 heterocycles. The zero-order valence-corrected chi connectivity index (χ0v) is 13.6. The first-order valence-corrected chi connectivity index (χ1v) is 7.88. The molecule has 1 N–H and O–H groups in total. The van der Waals surface area contributed by atoms with Gasteiger partial charge in [-0.15, -0.1) is 11.8 Å². The van der Waals surface area contributed by atoms with Crippen molar-refractivity contribution in [3.63, 3.8) is 0 Å². The Morgan fingerprint density at radius 3 is 2.39 bits per heavy atom. The monoisotopic (exact) mass is 305 g/mol. The zero-order valence-electron chi connectivity index (χ0n) is 11.1. The van der Waals surface area contributed by atoms with Crippen LogP contribution in [0.3, 0.4) is 0 Å². The summed E-state index contributed by atoms with van der Waals surface area (Å²) >= 11 is 8.32. The van der Waals surface area contributed by atoms with Crippen LogP contribution in [-0.2, 0) is 4.79 Å². The minimum absolute atomic E-state index is 0.00172. The average Bonchev–Trinajstić information content (AvgIpc) is 2.25. The number of thioether (sulfide) groups is 2. The summed E-state index contributed by atoms with van der Waals surface area (Å²) in [5.41, 5.74) is -0.714. The van der Waals surface area contributed by atoms with Crippen LogP contribution in [0.25, 0.3) is 0 Å². The number of thiocarbonyl (C=S) groups is 1. The van der Waals surface area contributed by atoms with E-state index < -0.39 is 16.1 Å². The van der Waals surface area contributed by atoms with Gasteiger partial charge in [0.05, 0.1) is 11.5 Å². The molecule has 0 fully saturated rings. The molecule has 0 saturated heterocycles. The van der Waals surface area contributed by atoms with Crippen LogP contribution in [0.4, 0.5) is 0 Å². The maximum Gasteiger partial charge on any atom is 0.303 e. The van der Waals surface area contributed by atoms with Gasteiger partial charge in [-0.2, -0.15) is 5.26 Å². The van der Waals surface area contributed by atoms with Crippen molar-refractivity contribution in [2.24, 2.45) is 5.41 Å². The Kier molecular flexibility index (Phi) is 7.26. The predicted molar refractivity (Wildman–Crippen MR) is 83.0 cm³/mol. The van der Waals surface area contributed by atoms with Crippen LogP contribution in [0, 0.1) is 16.7 Å². The lowest BCUT2D eigenvalue weighted by atomic mass is 9.76. The first kappa shape index (κ1) is 17.8. The number of carboxylic acids is 1. The predicted octanol–water partition coefficient (Wildman–Crippen LogP) is 3.93. The highest BCUT2D eigenvalue weighted by Crippen LogP contribution is 2.46. The molecular weight excluding hydrogens is 286 g/mol. The molecule has 0 rings (SSSR count). The molecular formula is C12H19NO2S3. The van der Waals surface area contributed by atoms with Gasteiger partial charge < -0.3 is 5.11 Å². The van der Waals surface area contributed by atoms with Crippen LogP contribution < -0.4 is 0 Å². The Morgan fingerprint density at radius 2 is 2.00 bits per heavy atom. The Balaban J connectivity index is 4.84. The molecule has 1 unspecified atom stereocenters. The van der Waals surface area contributed by atoms with Crippen molar-refractivity contribution < 1.29 is 9.90 Å². The van der Waals surface area contributed by atoms with E-state index >= 15 is 0 Å². The molecule has 0 aromatic rings. The molecule has 0 aliphatic heterocycles. The molecule has 0 aliphatic rings. The van der Waals surface area contributed by atoms with Gasteiger partial charge >= 0.3 is 5.97 Å². The largest absolute Gasteiger partial charge is 0.481 e. The molecule has 18 heavy (non-hydrogen) atoms. The van der Waals surface area contributed by atoms with Crippen molar-refractivity contribution in [3.05, 3.63) is 0 Å². The number of rotatable bonds is 6. The minimum Gasteiger partial charge on any atom is -0.481 e. The van der Waals surface area contributed by atoms with E-state index in [4.69, 9.17) is 17.3 Å². The highest BCUT2D eigenvalue weighted by Gasteiger charge is 2.43. The minimum atomic E-state index is -0.872. The number of aliphatic carboxylic acids is 1. The SMILES string of the molecule is CCSC(=S)SC(C)(C)C(C)(C#N)CCC(=O)O. The summed E-state index contributed by atoms with van der Waals surface area (Å²) in [6, 6.07) is 2.27. The van der Waals surface area contributed by atoms with Gasteiger partial charge in [0.15, 0.2) is 0 Å². The summed E-state index contributed by atoms with van der Waals surface area (Å²) in [4.78, 5) is 10.7. The summed E-state index contributed by atoms with van der Waals surface area (Å²) in [6.45, 7) is 7.73. The number of carboxylic acid groups (broad SMARTS) is 1. The second-order valence-electron chi connectivity index (χ2n) is 4.63. The summed E-state index contributed by atoms with van der Waals surface area (Å²) in [5.74, 6) is 0.0307. The molecule has 0 aliphatic carbocycles. The number of nitrogens with zero attached hydrogens (tertiary/aromatic N) is 1. The lowest BCUT2D eigenvalue weighted by Gasteiger charge is -2.38. The fraction of sp³-hybridized carbons (Fsp3) is 0.750. The molecule has 6 heteroatoms. The lowest BCUT2D eigenvalue weighted by molar-refractivity contribution is -0.137. The van der Waals surface area contributed by atoms with E-state index in [1.54, 1.807) is 11.8 Å². The quantitative estimate of drug-likeness (QED) is 0.750. The molecule has 0 aromatic heterocycles. The Labute approximate surface area is 123 Å². The van der Waals surface area contributed by atoms with E-state index in [-0.39, 0.29) is 6.42 Å². The maximum atomic E-state index is 10.7. The van der Waals surface area contributed by atoms with Crippen molar-refractivity contribution in [2.45, 2.75) is 45.3 Å². The van der Waals surface area contributed by atoms with E-state index in [9.17, 15) is 10.1 Å². The number of carbonyl (C=O) groups is 1. The van der Waals surface area contributed by atoms with E-state index in [0.29, 0.717) is 6.42 Å². The number of hydrogen-bond acceptors (Lipinski definition) is 5. The van der Waals surface area contributed by atoms with Gasteiger partial charge in [0.25, 0.3) is 0 Å². The summed E-state index contributed by atoms with van der Waals surface area (Å²) < 4.78 is 0.399. The second-order valence-corrected chi connectivity index (χ2v) is 8.72. The normalized spacial score (nSPS) is 14.6. The maximum absolute atomic E-state index is 10.7. The van der Waals surface area contributed by atoms with Crippen molar-refractivity contribution in [1.82, 2.24) is 0 Å². The molecule has 0 radical (unpaired) electrons. The van der Waals surface area contributed by atoms with Gasteiger partial charge in [-0.3, -0.25) is 4.79 Å². The van der Waals surface area contributed by atoms with Crippen LogP contribution in [0.1, 0.15) is 40.5 Å². The Morgan fingerprint density at radius 1 is 1.44 bits per heavy atom. The van der Waals surface area contributed by atoms with Crippen molar-refractivity contribution >= 4 is 45.2 Å². The van der Waals surface area contributed by atoms with E-state index in [1.165, 1.54) is 11.8 Å². The highest BCUT2D eigenvalue weighted by molar-refractivity contribution is 8.47. The molecule has 0 spiro atoms. The second kappa shape index (κ2) is 7.37. The van der Waals surface area contributed by atoms with Crippen LogP contribution in [0.5, 0.6) is 0 Å². The summed E-state index contributed by atoms with van der Waals surface area (Å²) in [5, 5.41) is 18.1. The van der Waals surface area contributed by atoms with Crippen LogP contribution in [0.15, 0.2) is 0 Å². The smallest absolute Gasteiger partial charge is 0.303 e. The molecule has 0 saturated carbocycles. The molecule has 1 atom stereocenters. The van der Waals surface area contributed by atoms with Gasteiger partial charge in [0.2, 0.25) is 0 Å². The van der Waals surface area contributed by atoms with E-state index in [0.717, 1.165) is 9.28 Å². The molecule has 0 amide bonds. The van der Waals surface area contributed by atoms with Crippen molar-refractivity contribution in [3.8, 4) is 6.07 Å². The molecule has 0 aromatic carbocycles. The fourth-order valence-corrected chi connectivity index (χ4v) is 4.53. The topological polar surface area (TPSA) is 61.1 Å². The fourth-order valence-electron chi connectivity index (χ4n) is 1.32. The first-order chi connectivity index (χ1) is 8.18. The van der Waals surface area contributed by atoms with Crippen molar-refractivity contribution in [1.29, 1.82) is 5.26 Å². The highest BCUT2D eigenvalue weighted by atomic mass is 32.2. The van der Waals surface area contributed by atoms with Gasteiger partial charge in [-0.05, 0) is 32.9 Å². The van der Waals surface area contributed by atoms with Crippen molar-refractivity contribution in [2.75, 3.05) is 5.75 Å². The third-order valence-corrected chi connectivity index (χ3v) is 5.87. The molecule has 3 nitrogen and oxygen atoms in total. The molecule has 0 bridgehead atoms. The standard InChI is InChI=1S/C12H19NO2S3/c1-5-17-10(16)18-11(2,3)12(4,8-13)7-6-9(14)15/h5-7H2,1-4H3,(H,14,15). The summed E-state index contributed by atoms with van der Waals surface area (Å²) in [6.07, 6.45) is 0.333. The molecule has 102 valence electrons. The van der Waals surface area contributed by atoms with E-state index in [1.807, 2.05) is 27.7 Å². The third kappa shape index (κ3) is 5.17. The van der Waals surface area contributed by atoms with Crippen LogP contribution >= 0.6 is 35.7 Å². The van der Waals surface area contributed by atoms with Gasteiger partial charge in [0, 0.05) is 11.2 Å². The lowest BCUT2D eigenvalue weighted by Crippen LogP contribution is -2.38. The average molecular weight is 305 g/mol. The Hall–Kier alpha value is -0.250. The number of hydrogen-bond donors (Lipinski definition) is 1. The third-order valence-electron chi connectivity index (χ3n) is 3.02. The summed E-state index contributed by atoms with van der Waals surface area (Å²) in [7, 11) is 0. The van der Waals surface area contributed by atoms with Gasteiger partial charge in [-0.1, -0.05) is 30.9 Å². The van der Waals surface area contributed by atoms with Crippen LogP contribution in [0.2, 0.25) is 0 Å². The number of nitriles is 1. The van der Waals surface area contributed by atoms with Gasteiger partial charge in [0.1, 0.15) is 3.53 Å². The van der Waals surface area contributed by atoms with E-state index in [2.05, 4.69) is 6.07 Å².